The van der Waals surface area contributed by atoms with Crippen molar-refractivity contribution in [3.63, 3.8) is 0 Å². The van der Waals surface area contributed by atoms with Crippen LogP contribution in [0.2, 0.25) is 0 Å². The van der Waals surface area contributed by atoms with Crippen molar-refractivity contribution in [2.75, 3.05) is 7.11 Å². The van der Waals surface area contributed by atoms with Gasteiger partial charge >= 0.3 is 17.7 Å². The number of nitrogens with one attached hydrogen (secondary N) is 1. The molecule has 0 unspecified atom stereocenters. The molecule has 2 heterocycles. The lowest BCUT2D eigenvalue weighted by molar-refractivity contribution is -0.214. The van der Waals surface area contributed by atoms with Crippen molar-refractivity contribution >= 4 is 12.1 Å². The Morgan fingerprint density at radius 3 is 2.49 bits per heavy atom. The second-order valence-corrected chi connectivity index (χ2v) is 12.5. The van der Waals surface area contributed by atoms with Gasteiger partial charge in [-0.05, 0) is 73.8 Å². The van der Waals surface area contributed by atoms with Crippen LogP contribution in [0.5, 0.6) is 0 Å². The molecule has 0 aromatic carbocycles. The van der Waals surface area contributed by atoms with E-state index < -0.39 is 29.0 Å². The Morgan fingerprint density at radius 1 is 1.08 bits per heavy atom. The SMILES string of the molecule is COC(=O)N[C@H]1CC[C@]2(C)[C@H]3CC[C@]4(C)[C@@H](c5ccc(=O)oc5)[C@@H](OC(C)=O)[C@H]5O[C@]54[C@@H]3CC[C@]2(O)C1. The third-order valence-corrected chi connectivity index (χ3v) is 11.1. The first kappa shape index (κ1) is 24.9. The summed E-state index contributed by atoms with van der Waals surface area (Å²) in [6.07, 6.45) is 5.67. The van der Waals surface area contributed by atoms with E-state index in [2.05, 4.69) is 19.2 Å². The number of hydrogen-bond donors (Lipinski definition) is 2. The fourth-order valence-electron chi connectivity index (χ4n) is 9.47. The highest BCUT2D eigenvalue weighted by atomic mass is 16.7. The molecule has 9 nitrogen and oxygen atoms in total. The van der Waals surface area contributed by atoms with Gasteiger partial charge < -0.3 is 29.1 Å². The number of epoxide rings is 1. The first-order valence-corrected chi connectivity index (χ1v) is 13.5. The second-order valence-electron chi connectivity index (χ2n) is 12.5. The predicted octanol–water partition coefficient (Wildman–Crippen LogP) is 3.28. The van der Waals surface area contributed by atoms with E-state index in [9.17, 15) is 19.5 Å². The topological polar surface area (TPSA) is 128 Å². The van der Waals surface area contributed by atoms with Crippen LogP contribution in [-0.4, -0.2) is 53.7 Å². The zero-order valence-electron chi connectivity index (χ0n) is 22.0. The molecule has 0 radical (unpaired) electrons. The van der Waals surface area contributed by atoms with E-state index in [1.807, 2.05) is 0 Å². The van der Waals surface area contributed by atoms with Crippen LogP contribution in [0.15, 0.2) is 27.6 Å². The average molecular weight is 516 g/mol. The molecular formula is C28H37NO8. The van der Waals surface area contributed by atoms with Crippen molar-refractivity contribution in [2.45, 2.75) is 101 Å². The molecule has 1 aromatic heterocycles. The molecule has 5 fully saturated rings. The van der Waals surface area contributed by atoms with Gasteiger partial charge in [0.1, 0.15) is 17.8 Å². The van der Waals surface area contributed by atoms with Gasteiger partial charge in [-0.25, -0.2) is 9.59 Å². The molecule has 10 atom stereocenters. The van der Waals surface area contributed by atoms with Crippen molar-refractivity contribution in [1.29, 1.82) is 0 Å². The van der Waals surface area contributed by atoms with Crippen molar-refractivity contribution in [3.8, 4) is 0 Å². The van der Waals surface area contributed by atoms with Crippen LogP contribution in [0.4, 0.5) is 4.79 Å². The minimum atomic E-state index is -0.886. The number of carbonyl (C=O) groups excluding carboxylic acids is 2. The van der Waals surface area contributed by atoms with Crippen LogP contribution >= 0.6 is 0 Å². The summed E-state index contributed by atoms with van der Waals surface area (Å²) in [7, 11) is 1.35. The predicted molar refractivity (Wildman–Crippen MR) is 131 cm³/mol. The highest BCUT2D eigenvalue weighted by Gasteiger charge is 2.85. The molecule has 0 bridgehead atoms. The minimum absolute atomic E-state index is 0.115. The first-order valence-electron chi connectivity index (χ1n) is 13.5. The van der Waals surface area contributed by atoms with E-state index >= 15 is 0 Å². The van der Waals surface area contributed by atoms with E-state index in [0.717, 1.165) is 37.7 Å². The summed E-state index contributed by atoms with van der Waals surface area (Å²) >= 11 is 0. The zero-order valence-corrected chi connectivity index (χ0v) is 22.0. The van der Waals surface area contributed by atoms with Crippen molar-refractivity contribution in [2.24, 2.45) is 22.7 Å². The van der Waals surface area contributed by atoms with E-state index in [1.165, 1.54) is 26.4 Å². The van der Waals surface area contributed by atoms with Gasteiger partial charge in [-0.1, -0.05) is 13.8 Å². The second kappa shape index (κ2) is 8.06. The third-order valence-electron chi connectivity index (χ3n) is 11.1. The Labute approximate surface area is 216 Å². The lowest BCUT2D eigenvalue weighted by Crippen LogP contribution is -2.66. The first-order chi connectivity index (χ1) is 17.5. The van der Waals surface area contributed by atoms with E-state index in [1.54, 1.807) is 6.07 Å². The van der Waals surface area contributed by atoms with Crippen LogP contribution in [0.3, 0.4) is 0 Å². The quantitative estimate of drug-likeness (QED) is 0.464. The van der Waals surface area contributed by atoms with Gasteiger partial charge in [-0.15, -0.1) is 0 Å². The van der Waals surface area contributed by atoms with Crippen molar-refractivity contribution < 1.29 is 33.3 Å². The van der Waals surface area contributed by atoms with Gasteiger partial charge in [0.15, 0.2) is 0 Å². The van der Waals surface area contributed by atoms with Gasteiger partial charge in [0, 0.05) is 30.4 Å². The van der Waals surface area contributed by atoms with Crippen LogP contribution in [0.1, 0.15) is 77.2 Å². The summed E-state index contributed by atoms with van der Waals surface area (Å²) in [6, 6.07) is 3.10. The van der Waals surface area contributed by atoms with Crippen LogP contribution in [0.25, 0.3) is 0 Å². The van der Waals surface area contributed by atoms with Crippen molar-refractivity contribution in [3.05, 3.63) is 34.4 Å². The molecule has 1 aliphatic heterocycles. The number of ether oxygens (including phenoxy) is 3. The van der Waals surface area contributed by atoms with Gasteiger partial charge in [0.25, 0.3) is 0 Å². The molecule has 5 aliphatic rings. The monoisotopic (exact) mass is 515 g/mol. The molecule has 1 amide bonds. The maximum absolute atomic E-state index is 12.2. The van der Waals surface area contributed by atoms with Crippen LogP contribution in [0, 0.1) is 22.7 Å². The number of rotatable bonds is 3. The molecule has 202 valence electrons. The van der Waals surface area contributed by atoms with Gasteiger partial charge in [-0.2, -0.15) is 0 Å². The van der Waals surface area contributed by atoms with E-state index in [0.29, 0.717) is 12.8 Å². The molecule has 4 aliphatic carbocycles. The lowest BCUT2D eigenvalue weighted by atomic mass is 9.42. The van der Waals surface area contributed by atoms with Gasteiger partial charge in [0.05, 0.1) is 19.0 Å². The average Bonchev–Trinajstić information content (AvgIpc) is 3.55. The van der Waals surface area contributed by atoms with Crippen LogP contribution in [-0.2, 0) is 19.0 Å². The smallest absolute Gasteiger partial charge is 0.407 e. The molecular weight excluding hydrogens is 478 g/mol. The molecule has 1 aromatic rings. The Bertz CT molecular complexity index is 1160. The fourth-order valence-corrected chi connectivity index (χ4v) is 9.47. The Morgan fingerprint density at radius 2 is 1.81 bits per heavy atom. The van der Waals surface area contributed by atoms with Crippen LogP contribution < -0.4 is 10.9 Å². The number of fused-ring (bicyclic) bond motifs is 3. The number of carbonyl (C=O) groups is 2. The fraction of sp³-hybridized carbons (Fsp3) is 0.750. The van der Waals surface area contributed by atoms with E-state index in [4.69, 9.17) is 18.6 Å². The Balaban J connectivity index is 1.34. The molecule has 4 saturated carbocycles. The number of esters is 1. The molecule has 2 N–H and O–H groups in total. The maximum atomic E-state index is 12.2. The summed E-state index contributed by atoms with van der Waals surface area (Å²) < 4.78 is 22.6. The third kappa shape index (κ3) is 3.25. The largest absolute Gasteiger partial charge is 0.459 e. The Kier molecular flexibility index (Phi) is 5.43. The molecule has 1 spiro atoms. The minimum Gasteiger partial charge on any atom is -0.459 e. The Hall–Kier alpha value is -2.39. The summed E-state index contributed by atoms with van der Waals surface area (Å²) in [5, 5.41) is 14.9. The molecule has 9 heteroatoms. The highest BCUT2D eigenvalue weighted by molar-refractivity contribution is 5.67. The normalized spacial score (nSPS) is 47.5. The standard InChI is InChI=1S/C28H37NO8/c1-15(30)36-22-21(16-5-6-20(31)35-14-16)26(3)11-8-18-19(28(26)23(22)37-28)9-12-27(33)13-17(29-24(32)34-4)7-10-25(18,27)2/h5-6,14,17-19,21-23,33H,7-13H2,1-4H3,(H,29,32)/t17-,18-,19+,21-,22+,23+,25+,26+,27-,28+/m0/s1. The molecule has 6 rings (SSSR count). The lowest BCUT2D eigenvalue weighted by Gasteiger charge is -2.64. The highest BCUT2D eigenvalue weighted by Crippen LogP contribution is 2.78. The summed E-state index contributed by atoms with van der Waals surface area (Å²) in [4.78, 5) is 35.7. The van der Waals surface area contributed by atoms with E-state index in [-0.39, 0.29) is 46.7 Å². The number of aliphatic hydroxyl groups is 1. The van der Waals surface area contributed by atoms with Crippen molar-refractivity contribution in [1.82, 2.24) is 5.32 Å². The summed E-state index contributed by atoms with van der Waals surface area (Å²) in [5.74, 6) is -0.0356. The van der Waals surface area contributed by atoms with Gasteiger partial charge in [-0.3, -0.25) is 4.79 Å². The maximum Gasteiger partial charge on any atom is 0.407 e. The zero-order chi connectivity index (χ0) is 26.4. The number of alkyl carbamates (subject to hydrolysis) is 1. The molecule has 1 saturated heterocycles. The molecule has 37 heavy (non-hydrogen) atoms. The summed E-state index contributed by atoms with van der Waals surface area (Å²) in [5.41, 5.74) is -1.52. The number of methoxy groups -OCH3 is 1. The number of hydrogen-bond acceptors (Lipinski definition) is 8. The van der Waals surface area contributed by atoms with Gasteiger partial charge in [0.2, 0.25) is 0 Å². The summed E-state index contributed by atoms with van der Waals surface area (Å²) in [6.45, 7) is 5.88. The number of amides is 1.